The van der Waals surface area contributed by atoms with Gasteiger partial charge in [-0.2, -0.15) is 0 Å². The third kappa shape index (κ3) is 3.98. The Morgan fingerprint density at radius 2 is 1.57 bits per heavy atom. The molecule has 0 aromatic rings. The molecule has 0 heterocycles. The van der Waals surface area contributed by atoms with Gasteiger partial charge in [-0.1, -0.05) is 20.8 Å². The second-order valence-corrected chi connectivity index (χ2v) is 3.64. The molecule has 0 aliphatic carbocycles. The fourth-order valence-electron chi connectivity index (χ4n) is 1.41. The Hall–Kier alpha value is 0.576. The molecule has 0 radical (unpaired) electrons. The van der Waals surface area contributed by atoms with Crippen molar-refractivity contribution in [1.82, 2.24) is 0 Å². The Morgan fingerprint density at radius 3 is 1.64 bits per heavy atom. The fraction of sp³-hybridized carbons (Fsp3) is 0.778. The summed E-state index contributed by atoms with van der Waals surface area (Å²) in [6.07, 6.45) is 0.296. The fourth-order valence-corrected chi connectivity index (χ4v) is 1.41. The first-order valence-corrected chi connectivity index (χ1v) is 4.33. The first-order chi connectivity index (χ1) is 5.86. The summed E-state index contributed by atoms with van der Waals surface area (Å²) in [6, 6.07) is 0. The molecule has 0 amide bonds. The summed E-state index contributed by atoms with van der Waals surface area (Å²) >= 11 is 0. The predicted molar refractivity (Wildman–Crippen MR) is 54.6 cm³/mol. The SMILES string of the molecule is CCC(CC(C)C)(C(=O)O)C(=O)O.[KH]. The van der Waals surface area contributed by atoms with Crippen LogP contribution in [0.3, 0.4) is 0 Å². The van der Waals surface area contributed by atoms with Gasteiger partial charge in [-0.15, -0.1) is 0 Å². The van der Waals surface area contributed by atoms with E-state index in [9.17, 15) is 9.59 Å². The zero-order valence-corrected chi connectivity index (χ0v) is 8.20. The van der Waals surface area contributed by atoms with Crippen LogP contribution in [0.1, 0.15) is 33.6 Å². The van der Waals surface area contributed by atoms with Crippen LogP contribution in [0.5, 0.6) is 0 Å². The third-order valence-corrected chi connectivity index (χ3v) is 2.18. The number of hydrogen-bond acceptors (Lipinski definition) is 2. The average Bonchev–Trinajstić information content (AvgIpc) is 1.98. The van der Waals surface area contributed by atoms with E-state index in [1.807, 2.05) is 13.8 Å². The van der Waals surface area contributed by atoms with Crippen LogP contribution in [0, 0.1) is 11.3 Å². The Balaban J connectivity index is 0. The second-order valence-electron chi connectivity index (χ2n) is 3.64. The van der Waals surface area contributed by atoms with E-state index in [0.29, 0.717) is 0 Å². The van der Waals surface area contributed by atoms with Gasteiger partial charge in [-0.05, 0) is 18.8 Å². The van der Waals surface area contributed by atoms with Gasteiger partial charge in [-0.25, -0.2) is 0 Å². The van der Waals surface area contributed by atoms with Crippen LogP contribution in [0.25, 0.3) is 0 Å². The molecule has 0 atom stereocenters. The van der Waals surface area contributed by atoms with Crippen LogP contribution in [-0.4, -0.2) is 73.5 Å². The van der Waals surface area contributed by atoms with E-state index < -0.39 is 17.4 Å². The molecule has 0 fully saturated rings. The van der Waals surface area contributed by atoms with Crippen molar-refractivity contribution in [1.29, 1.82) is 0 Å². The molecule has 5 heteroatoms. The van der Waals surface area contributed by atoms with Gasteiger partial charge in [-0.3, -0.25) is 9.59 Å². The van der Waals surface area contributed by atoms with E-state index in [0.717, 1.165) is 0 Å². The minimum absolute atomic E-state index is 0. The minimum atomic E-state index is -1.60. The summed E-state index contributed by atoms with van der Waals surface area (Å²) in [5, 5.41) is 17.7. The zero-order chi connectivity index (χ0) is 10.6. The molecule has 0 saturated carbocycles. The van der Waals surface area contributed by atoms with Gasteiger partial charge in [0.25, 0.3) is 0 Å². The molecule has 4 nitrogen and oxygen atoms in total. The van der Waals surface area contributed by atoms with Crippen LogP contribution in [0.15, 0.2) is 0 Å². The van der Waals surface area contributed by atoms with Crippen LogP contribution in [0.2, 0.25) is 0 Å². The summed E-state index contributed by atoms with van der Waals surface area (Å²) in [4.78, 5) is 21.7. The van der Waals surface area contributed by atoms with Crippen LogP contribution in [-0.2, 0) is 9.59 Å². The van der Waals surface area contributed by atoms with E-state index in [1.165, 1.54) is 0 Å². The van der Waals surface area contributed by atoms with Crippen molar-refractivity contribution in [2.75, 3.05) is 0 Å². The van der Waals surface area contributed by atoms with Crippen LogP contribution in [0.4, 0.5) is 0 Å². The number of rotatable bonds is 5. The first kappa shape index (κ1) is 17.0. The van der Waals surface area contributed by atoms with Crippen LogP contribution >= 0.6 is 0 Å². The summed E-state index contributed by atoms with van der Waals surface area (Å²) < 4.78 is 0. The van der Waals surface area contributed by atoms with Gasteiger partial charge in [0, 0.05) is 0 Å². The first-order valence-electron chi connectivity index (χ1n) is 4.33. The maximum absolute atomic E-state index is 10.8. The summed E-state index contributed by atoms with van der Waals surface area (Å²) in [5.41, 5.74) is -1.60. The molecular weight excluding hydrogens is 211 g/mol. The van der Waals surface area contributed by atoms with Crippen molar-refractivity contribution in [2.45, 2.75) is 33.6 Å². The Kier molecular flexibility index (Phi) is 8.43. The molecule has 0 aliphatic heterocycles. The molecule has 78 valence electrons. The van der Waals surface area contributed by atoms with Gasteiger partial charge in [0.05, 0.1) is 0 Å². The Morgan fingerprint density at radius 1 is 1.21 bits per heavy atom. The number of carboxylic acids is 2. The number of carbonyl (C=O) groups is 2. The molecular formula is C9H17KO4. The van der Waals surface area contributed by atoms with E-state index >= 15 is 0 Å². The van der Waals surface area contributed by atoms with Crippen molar-refractivity contribution in [3.63, 3.8) is 0 Å². The summed E-state index contributed by atoms with van der Waals surface area (Å²) in [6.45, 7) is 5.22. The molecule has 2 N–H and O–H groups in total. The molecule has 14 heavy (non-hydrogen) atoms. The van der Waals surface area contributed by atoms with Gasteiger partial charge >= 0.3 is 63.3 Å². The van der Waals surface area contributed by atoms with E-state index in [4.69, 9.17) is 10.2 Å². The summed E-state index contributed by atoms with van der Waals surface area (Å²) in [7, 11) is 0. The molecule has 0 aromatic carbocycles. The number of aliphatic carboxylic acids is 2. The monoisotopic (exact) mass is 228 g/mol. The number of hydrogen-bond donors (Lipinski definition) is 2. The average molecular weight is 228 g/mol. The standard InChI is InChI=1S/C9H16O4.K.H/c1-4-9(7(10)11,8(12)13)5-6(2)3;;/h6H,4-5H2,1-3H3,(H,10,11)(H,12,13);;. The third-order valence-electron chi connectivity index (χ3n) is 2.18. The molecule has 0 aromatic heterocycles. The van der Waals surface area contributed by atoms with Crippen molar-refractivity contribution in [3.05, 3.63) is 0 Å². The molecule has 0 bridgehead atoms. The zero-order valence-electron chi connectivity index (χ0n) is 8.20. The van der Waals surface area contributed by atoms with E-state index in [-0.39, 0.29) is 70.1 Å². The second kappa shape index (κ2) is 6.95. The Labute approximate surface area is 126 Å². The van der Waals surface area contributed by atoms with Crippen LogP contribution < -0.4 is 0 Å². The predicted octanol–water partition coefficient (Wildman–Crippen LogP) is 0.950. The quantitative estimate of drug-likeness (QED) is 0.542. The molecule has 0 unspecified atom stereocenters. The molecule has 0 rings (SSSR count). The molecule has 0 saturated heterocycles. The van der Waals surface area contributed by atoms with Gasteiger partial charge < -0.3 is 10.2 Å². The van der Waals surface area contributed by atoms with E-state index in [1.54, 1.807) is 6.92 Å². The molecule has 0 spiro atoms. The number of carboxylic acid groups (broad SMARTS) is 2. The normalized spacial score (nSPS) is 10.9. The van der Waals surface area contributed by atoms with Gasteiger partial charge in [0.1, 0.15) is 0 Å². The maximum atomic E-state index is 10.8. The van der Waals surface area contributed by atoms with Gasteiger partial charge in [0.15, 0.2) is 5.41 Å². The summed E-state index contributed by atoms with van der Waals surface area (Å²) in [5.74, 6) is -2.42. The van der Waals surface area contributed by atoms with Gasteiger partial charge in [0.2, 0.25) is 0 Å². The van der Waals surface area contributed by atoms with Crippen molar-refractivity contribution in [2.24, 2.45) is 11.3 Å². The van der Waals surface area contributed by atoms with Crippen molar-refractivity contribution >= 4 is 63.3 Å². The van der Waals surface area contributed by atoms with E-state index in [2.05, 4.69) is 0 Å². The molecule has 0 aliphatic rings. The van der Waals surface area contributed by atoms with Crippen molar-refractivity contribution in [3.8, 4) is 0 Å². The van der Waals surface area contributed by atoms with Crippen molar-refractivity contribution < 1.29 is 19.8 Å². The Bertz CT molecular complexity index is 199. The topological polar surface area (TPSA) is 74.6 Å².